The van der Waals surface area contributed by atoms with E-state index < -0.39 is 11.7 Å². The van der Waals surface area contributed by atoms with Crippen LogP contribution in [0.3, 0.4) is 0 Å². The van der Waals surface area contributed by atoms with E-state index in [-0.39, 0.29) is 10.9 Å². The van der Waals surface area contributed by atoms with Crippen molar-refractivity contribution in [2.75, 3.05) is 0 Å². The van der Waals surface area contributed by atoms with Gasteiger partial charge in [-0.05, 0) is 40.8 Å². The third-order valence-corrected chi connectivity index (χ3v) is 3.34. The predicted octanol–water partition coefficient (Wildman–Crippen LogP) is 5.15. The lowest BCUT2D eigenvalue weighted by Gasteiger charge is -2.10. The van der Waals surface area contributed by atoms with E-state index in [2.05, 4.69) is 4.98 Å². The van der Waals surface area contributed by atoms with Crippen molar-refractivity contribution in [3.8, 4) is 11.6 Å². The lowest BCUT2D eigenvalue weighted by molar-refractivity contribution is -0.137. The maximum Gasteiger partial charge on any atom is 0.417 e. The van der Waals surface area contributed by atoms with Gasteiger partial charge in [-0.1, -0.05) is 23.7 Å². The van der Waals surface area contributed by atoms with Gasteiger partial charge in [0.05, 0.1) is 9.13 Å². The first-order valence-electron chi connectivity index (χ1n) is 5.03. The summed E-state index contributed by atoms with van der Waals surface area (Å²) in [6.07, 6.45) is -3.78. The number of benzene rings is 1. The number of rotatable bonds is 2. The van der Waals surface area contributed by atoms with Crippen LogP contribution in [0.2, 0.25) is 5.02 Å². The van der Waals surface area contributed by atoms with E-state index in [9.17, 15) is 13.2 Å². The van der Waals surface area contributed by atoms with E-state index in [1.807, 2.05) is 28.7 Å². The standard InChI is InChI=1S/C12H6ClF3INO/c13-8-5-7(12(14,15)16)6-18-11(8)19-10-4-2-1-3-9(10)17/h1-6H. The highest BCUT2D eigenvalue weighted by molar-refractivity contribution is 14.1. The fraction of sp³-hybridized carbons (Fsp3) is 0.0833. The Balaban J connectivity index is 2.30. The number of aromatic nitrogens is 1. The fourth-order valence-corrected chi connectivity index (χ4v) is 1.99. The molecule has 0 aliphatic rings. The molecule has 0 bridgehead atoms. The number of nitrogens with zero attached hydrogens (tertiary/aromatic N) is 1. The number of pyridine rings is 1. The average Bonchev–Trinajstić information content (AvgIpc) is 2.33. The Morgan fingerprint density at radius 2 is 1.89 bits per heavy atom. The third kappa shape index (κ3) is 3.50. The Morgan fingerprint density at radius 3 is 2.47 bits per heavy atom. The van der Waals surface area contributed by atoms with E-state index in [1.165, 1.54) is 0 Å². The van der Waals surface area contributed by atoms with E-state index in [0.717, 1.165) is 9.64 Å². The molecule has 0 radical (unpaired) electrons. The van der Waals surface area contributed by atoms with Crippen molar-refractivity contribution < 1.29 is 17.9 Å². The SMILES string of the molecule is FC(F)(F)c1cnc(Oc2ccccc2I)c(Cl)c1. The zero-order valence-corrected chi connectivity index (χ0v) is 12.1. The Labute approximate surface area is 125 Å². The van der Waals surface area contributed by atoms with Gasteiger partial charge in [0, 0.05) is 6.20 Å². The summed E-state index contributed by atoms with van der Waals surface area (Å²) in [5.41, 5.74) is -0.910. The van der Waals surface area contributed by atoms with Crippen LogP contribution in [0.25, 0.3) is 0 Å². The van der Waals surface area contributed by atoms with Crippen LogP contribution in [0.1, 0.15) is 5.56 Å². The smallest absolute Gasteiger partial charge is 0.417 e. The van der Waals surface area contributed by atoms with Crippen LogP contribution in [0.15, 0.2) is 36.5 Å². The molecule has 1 aromatic heterocycles. The molecular formula is C12H6ClF3INO. The first kappa shape index (κ1) is 14.4. The summed E-state index contributed by atoms with van der Waals surface area (Å²) >= 11 is 7.79. The summed E-state index contributed by atoms with van der Waals surface area (Å²) in [7, 11) is 0. The van der Waals surface area contributed by atoms with Crippen LogP contribution in [0.5, 0.6) is 11.6 Å². The lowest BCUT2D eigenvalue weighted by atomic mass is 10.3. The van der Waals surface area contributed by atoms with Gasteiger partial charge in [0.25, 0.3) is 0 Å². The Morgan fingerprint density at radius 1 is 1.21 bits per heavy atom. The number of halogens is 5. The van der Waals surface area contributed by atoms with Crippen molar-refractivity contribution in [1.82, 2.24) is 4.98 Å². The molecule has 0 fully saturated rings. The normalized spacial score (nSPS) is 11.4. The fourth-order valence-electron chi connectivity index (χ4n) is 1.29. The minimum absolute atomic E-state index is 0.0567. The first-order chi connectivity index (χ1) is 8.88. The second-order valence-corrected chi connectivity index (χ2v) is 5.11. The molecule has 19 heavy (non-hydrogen) atoms. The second kappa shape index (κ2) is 5.54. The van der Waals surface area contributed by atoms with Crippen molar-refractivity contribution in [3.05, 3.63) is 50.7 Å². The van der Waals surface area contributed by atoms with Crippen LogP contribution < -0.4 is 4.74 Å². The van der Waals surface area contributed by atoms with Gasteiger partial charge in [0.15, 0.2) is 0 Å². The van der Waals surface area contributed by atoms with Gasteiger partial charge in [-0.2, -0.15) is 13.2 Å². The predicted molar refractivity (Wildman–Crippen MR) is 73.5 cm³/mol. The van der Waals surface area contributed by atoms with Gasteiger partial charge in [-0.3, -0.25) is 0 Å². The highest BCUT2D eigenvalue weighted by Gasteiger charge is 2.31. The Bertz CT molecular complexity index is 604. The molecule has 0 N–H and O–H groups in total. The summed E-state index contributed by atoms with van der Waals surface area (Å²) in [6.45, 7) is 0. The molecule has 0 atom stereocenters. The third-order valence-electron chi connectivity index (χ3n) is 2.18. The number of hydrogen-bond acceptors (Lipinski definition) is 2. The average molecular weight is 400 g/mol. The van der Waals surface area contributed by atoms with E-state index in [0.29, 0.717) is 11.9 Å². The molecular weight excluding hydrogens is 393 g/mol. The van der Waals surface area contributed by atoms with Gasteiger partial charge < -0.3 is 4.74 Å². The zero-order valence-electron chi connectivity index (χ0n) is 9.21. The van der Waals surface area contributed by atoms with Crippen molar-refractivity contribution in [1.29, 1.82) is 0 Å². The monoisotopic (exact) mass is 399 g/mol. The number of para-hydroxylation sites is 1. The van der Waals surface area contributed by atoms with Crippen LogP contribution in [-0.4, -0.2) is 4.98 Å². The van der Waals surface area contributed by atoms with E-state index in [1.54, 1.807) is 18.2 Å². The van der Waals surface area contributed by atoms with E-state index in [4.69, 9.17) is 16.3 Å². The topological polar surface area (TPSA) is 22.1 Å². The van der Waals surface area contributed by atoms with Gasteiger partial charge in [-0.15, -0.1) is 0 Å². The molecule has 7 heteroatoms. The van der Waals surface area contributed by atoms with Crippen molar-refractivity contribution in [2.45, 2.75) is 6.18 Å². The molecule has 2 aromatic rings. The van der Waals surface area contributed by atoms with Gasteiger partial charge >= 0.3 is 6.18 Å². The van der Waals surface area contributed by atoms with Crippen molar-refractivity contribution >= 4 is 34.2 Å². The molecule has 0 amide bonds. The summed E-state index contributed by atoms with van der Waals surface area (Å²) in [5, 5.41) is -0.186. The number of alkyl halides is 3. The molecule has 100 valence electrons. The quantitative estimate of drug-likeness (QED) is 0.652. The molecule has 0 aliphatic heterocycles. The summed E-state index contributed by atoms with van der Waals surface area (Å²) < 4.78 is 43.5. The number of hydrogen-bond donors (Lipinski definition) is 0. The molecule has 0 aliphatic carbocycles. The van der Waals surface area contributed by atoms with Crippen LogP contribution in [0.4, 0.5) is 13.2 Å². The van der Waals surface area contributed by atoms with Gasteiger partial charge in [0.2, 0.25) is 5.88 Å². The van der Waals surface area contributed by atoms with Crippen LogP contribution in [0, 0.1) is 3.57 Å². The lowest BCUT2D eigenvalue weighted by Crippen LogP contribution is -2.05. The van der Waals surface area contributed by atoms with E-state index >= 15 is 0 Å². The largest absolute Gasteiger partial charge is 0.436 e. The van der Waals surface area contributed by atoms with Crippen molar-refractivity contribution in [2.24, 2.45) is 0 Å². The van der Waals surface area contributed by atoms with Crippen LogP contribution >= 0.6 is 34.2 Å². The number of ether oxygens (including phenoxy) is 1. The minimum Gasteiger partial charge on any atom is -0.436 e. The molecule has 1 aromatic carbocycles. The molecule has 0 spiro atoms. The molecule has 0 saturated heterocycles. The van der Waals surface area contributed by atoms with Gasteiger partial charge in [-0.25, -0.2) is 4.98 Å². The highest BCUT2D eigenvalue weighted by atomic mass is 127. The van der Waals surface area contributed by atoms with Crippen LogP contribution in [-0.2, 0) is 6.18 Å². The summed E-state index contributed by atoms with van der Waals surface area (Å²) in [6, 6.07) is 7.83. The first-order valence-corrected chi connectivity index (χ1v) is 6.49. The molecule has 2 rings (SSSR count). The summed E-state index contributed by atoms with van der Waals surface area (Å²) in [4.78, 5) is 3.60. The minimum atomic E-state index is -4.48. The Kier molecular flexibility index (Phi) is 4.19. The molecule has 0 saturated carbocycles. The zero-order chi connectivity index (χ0) is 14.0. The highest BCUT2D eigenvalue weighted by Crippen LogP contribution is 2.35. The molecule has 0 unspecified atom stereocenters. The maximum absolute atomic E-state index is 12.4. The second-order valence-electron chi connectivity index (χ2n) is 3.54. The molecule has 1 heterocycles. The van der Waals surface area contributed by atoms with Gasteiger partial charge in [0.1, 0.15) is 10.8 Å². The van der Waals surface area contributed by atoms with Crippen molar-refractivity contribution in [3.63, 3.8) is 0 Å². The summed E-state index contributed by atoms with van der Waals surface area (Å²) in [5.74, 6) is 0.427. The maximum atomic E-state index is 12.4. The molecule has 2 nitrogen and oxygen atoms in total. The Hall–Kier alpha value is -1.02.